The van der Waals surface area contributed by atoms with Crippen LogP contribution in [0.15, 0.2) is 18.2 Å². The van der Waals surface area contributed by atoms with Gasteiger partial charge in [-0.1, -0.05) is 0 Å². The molecule has 0 spiro atoms. The number of carboxylic acids is 1. The van der Waals surface area contributed by atoms with E-state index in [1.54, 1.807) is 19.1 Å². The summed E-state index contributed by atoms with van der Waals surface area (Å²) in [5, 5.41) is 9.24. The van der Waals surface area contributed by atoms with Gasteiger partial charge in [0.2, 0.25) is 0 Å². The molecule has 1 saturated heterocycles. The molecule has 1 N–H and O–H groups in total. The second-order valence-electron chi connectivity index (χ2n) is 5.45. The molecule has 0 saturated carbocycles. The molecule has 22 heavy (non-hydrogen) atoms. The minimum absolute atomic E-state index is 0.0334. The lowest BCUT2D eigenvalue weighted by molar-refractivity contribution is 0.0692. The molecule has 2 rings (SSSR count). The van der Waals surface area contributed by atoms with E-state index >= 15 is 0 Å². The number of carboxylic acid groups (broad SMARTS) is 1. The van der Waals surface area contributed by atoms with Gasteiger partial charge in [-0.25, -0.2) is 4.79 Å². The monoisotopic (exact) mass is 306 g/mol. The molecule has 1 aromatic rings. The van der Waals surface area contributed by atoms with Gasteiger partial charge in [0.1, 0.15) is 11.3 Å². The van der Waals surface area contributed by atoms with Gasteiger partial charge >= 0.3 is 5.97 Å². The van der Waals surface area contributed by atoms with Crippen molar-refractivity contribution in [3.8, 4) is 5.75 Å². The average Bonchev–Trinajstić information content (AvgIpc) is 2.50. The smallest absolute Gasteiger partial charge is 0.339 e. The molecular weight excluding hydrogens is 284 g/mol. The second kappa shape index (κ2) is 7.38. The lowest BCUT2D eigenvalue weighted by Gasteiger charge is -2.31. The maximum absolute atomic E-state index is 12.3. The second-order valence-corrected chi connectivity index (χ2v) is 5.45. The van der Waals surface area contributed by atoms with Crippen molar-refractivity contribution in [2.45, 2.75) is 6.92 Å². The van der Waals surface area contributed by atoms with Gasteiger partial charge in [0.05, 0.1) is 13.2 Å². The molecule has 0 atom stereocenters. The summed E-state index contributed by atoms with van der Waals surface area (Å²) in [7, 11) is 2.06. The number of likely N-dealkylation sites (N-methyl/N-ethyl adjacent to an activating group) is 1. The SMILES string of the molecule is CCOc1ccc(C(=O)CN2CCN(C)CC2)cc1C(=O)O. The summed E-state index contributed by atoms with van der Waals surface area (Å²) in [6.45, 7) is 6.08. The number of aromatic carboxylic acids is 1. The molecule has 0 aromatic heterocycles. The molecule has 1 aliphatic rings. The fourth-order valence-corrected chi connectivity index (χ4v) is 2.45. The van der Waals surface area contributed by atoms with Crippen LogP contribution in [-0.2, 0) is 0 Å². The number of rotatable bonds is 6. The molecule has 1 fully saturated rings. The fourth-order valence-electron chi connectivity index (χ4n) is 2.45. The van der Waals surface area contributed by atoms with E-state index in [1.165, 1.54) is 6.07 Å². The number of carbonyl (C=O) groups excluding carboxylic acids is 1. The molecule has 6 heteroatoms. The first-order chi connectivity index (χ1) is 10.5. The molecule has 6 nitrogen and oxygen atoms in total. The Balaban J connectivity index is 2.09. The van der Waals surface area contributed by atoms with Crippen molar-refractivity contribution in [2.75, 3.05) is 46.4 Å². The van der Waals surface area contributed by atoms with Crippen LogP contribution in [-0.4, -0.2) is 73.0 Å². The Labute approximate surface area is 130 Å². The zero-order chi connectivity index (χ0) is 16.1. The average molecular weight is 306 g/mol. The minimum Gasteiger partial charge on any atom is -0.493 e. The highest BCUT2D eigenvalue weighted by Gasteiger charge is 2.19. The van der Waals surface area contributed by atoms with E-state index < -0.39 is 5.97 Å². The number of hydrogen-bond acceptors (Lipinski definition) is 5. The van der Waals surface area contributed by atoms with Crippen LogP contribution in [0.3, 0.4) is 0 Å². The molecule has 1 heterocycles. The van der Waals surface area contributed by atoms with Gasteiger partial charge in [0.15, 0.2) is 5.78 Å². The molecule has 0 bridgehead atoms. The van der Waals surface area contributed by atoms with Crippen LogP contribution < -0.4 is 4.74 Å². The molecule has 120 valence electrons. The molecule has 0 radical (unpaired) electrons. The van der Waals surface area contributed by atoms with Gasteiger partial charge in [-0.3, -0.25) is 9.69 Å². The molecule has 1 aliphatic heterocycles. The van der Waals surface area contributed by atoms with E-state index in [2.05, 4.69) is 16.8 Å². The van der Waals surface area contributed by atoms with Gasteiger partial charge in [-0.2, -0.15) is 0 Å². The van der Waals surface area contributed by atoms with Crippen LogP contribution >= 0.6 is 0 Å². The van der Waals surface area contributed by atoms with Crippen LogP contribution in [0.2, 0.25) is 0 Å². The van der Waals surface area contributed by atoms with Gasteiger partial charge in [-0.05, 0) is 32.2 Å². The Morgan fingerprint density at radius 2 is 1.91 bits per heavy atom. The predicted molar refractivity (Wildman–Crippen MR) is 82.8 cm³/mol. The molecular formula is C16H22N2O4. The highest BCUT2D eigenvalue weighted by atomic mass is 16.5. The van der Waals surface area contributed by atoms with Crippen molar-refractivity contribution in [3.05, 3.63) is 29.3 Å². The summed E-state index contributed by atoms with van der Waals surface area (Å²) >= 11 is 0. The number of ketones is 1. The van der Waals surface area contributed by atoms with Gasteiger partial charge in [-0.15, -0.1) is 0 Å². The van der Waals surface area contributed by atoms with Crippen molar-refractivity contribution >= 4 is 11.8 Å². The maximum Gasteiger partial charge on any atom is 0.339 e. The number of hydrogen-bond donors (Lipinski definition) is 1. The summed E-state index contributed by atoms with van der Waals surface area (Å²) in [5.41, 5.74) is 0.450. The zero-order valence-electron chi connectivity index (χ0n) is 13.0. The highest BCUT2D eigenvalue weighted by molar-refractivity contribution is 6.01. The van der Waals surface area contributed by atoms with Crippen LogP contribution in [0.1, 0.15) is 27.6 Å². The van der Waals surface area contributed by atoms with E-state index in [0.29, 0.717) is 24.5 Å². The van der Waals surface area contributed by atoms with Gasteiger partial charge in [0.25, 0.3) is 0 Å². The number of benzene rings is 1. The van der Waals surface area contributed by atoms with Crippen molar-refractivity contribution in [2.24, 2.45) is 0 Å². The summed E-state index contributed by atoms with van der Waals surface area (Å²) < 4.78 is 5.29. The molecule has 1 aromatic carbocycles. The number of ether oxygens (including phenoxy) is 1. The van der Waals surface area contributed by atoms with Crippen LogP contribution in [0.4, 0.5) is 0 Å². The van der Waals surface area contributed by atoms with Gasteiger partial charge in [0, 0.05) is 31.7 Å². The minimum atomic E-state index is -1.09. The Morgan fingerprint density at radius 1 is 1.23 bits per heavy atom. The van der Waals surface area contributed by atoms with Crippen LogP contribution in [0.25, 0.3) is 0 Å². The Kier molecular flexibility index (Phi) is 5.51. The third-order valence-electron chi connectivity index (χ3n) is 3.79. The van der Waals surface area contributed by atoms with E-state index in [-0.39, 0.29) is 11.3 Å². The molecule has 0 amide bonds. The Bertz CT molecular complexity index is 551. The third-order valence-corrected chi connectivity index (χ3v) is 3.79. The van der Waals surface area contributed by atoms with E-state index in [9.17, 15) is 14.7 Å². The largest absolute Gasteiger partial charge is 0.493 e. The quantitative estimate of drug-likeness (QED) is 0.797. The molecule has 0 unspecified atom stereocenters. The predicted octanol–water partition coefficient (Wildman–Crippen LogP) is 1.21. The first-order valence-electron chi connectivity index (χ1n) is 7.45. The summed E-state index contributed by atoms with van der Waals surface area (Å²) in [6, 6.07) is 4.60. The lowest BCUT2D eigenvalue weighted by atomic mass is 10.1. The standard InChI is InChI=1S/C16H22N2O4/c1-3-22-15-5-4-12(10-13(15)16(20)21)14(19)11-18-8-6-17(2)7-9-18/h4-5,10H,3,6-9,11H2,1-2H3,(H,20,21). The van der Waals surface area contributed by atoms with Gasteiger partial charge < -0.3 is 14.7 Å². The van der Waals surface area contributed by atoms with E-state index in [4.69, 9.17) is 4.74 Å². The van der Waals surface area contributed by atoms with E-state index in [1.807, 2.05) is 0 Å². The number of carbonyl (C=O) groups is 2. The summed E-state index contributed by atoms with van der Waals surface area (Å²) in [5.74, 6) is -0.848. The topological polar surface area (TPSA) is 70.1 Å². The van der Waals surface area contributed by atoms with Crippen LogP contribution in [0, 0.1) is 0 Å². The fraction of sp³-hybridized carbons (Fsp3) is 0.500. The van der Waals surface area contributed by atoms with Crippen molar-refractivity contribution in [1.82, 2.24) is 9.80 Å². The Hall–Kier alpha value is -1.92. The maximum atomic E-state index is 12.3. The van der Waals surface area contributed by atoms with Crippen molar-refractivity contribution in [3.63, 3.8) is 0 Å². The van der Waals surface area contributed by atoms with Crippen molar-refractivity contribution < 1.29 is 19.4 Å². The Morgan fingerprint density at radius 3 is 2.50 bits per heavy atom. The number of Topliss-reactive ketones (excluding diaryl/α,β-unsaturated/α-hetero) is 1. The first kappa shape index (κ1) is 16.5. The number of nitrogens with zero attached hydrogens (tertiary/aromatic N) is 2. The first-order valence-corrected chi connectivity index (χ1v) is 7.45. The number of piperazine rings is 1. The molecule has 0 aliphatic carbocycles. The highest BCUT2D eigenvalue weighted by Crippen LogP contribution is 2.21. The van der Waals surface area contributed by atoms with Crippen LogP contribution in [0.5, 0.6) is 5.75 Å². The normalized spacial score (nSPS) is 16.5. The lowest BCUT2D eigenvalue weighted by Crippen LogP contribution is -2.46. The van der Waals surface area contributed by atoms with Crippen molar-refractivity contribution in [1.29, 1.82) is 0 Å². The third kappa shape index (κ3) is 4.05. The zero-order valence-corrected chi connectivity index (χ0v) is 13.0. The summed E-state index contributed by atoms with van der Waals surface area (Å²) in [6.07, 6.45) is 0. The van der Waals surface area contributed by atoms with E-state index in [0.717, 1.165) is 26.2 Å². The summed E-state index contributed by atoms with van der Waals surface area (Å²) in [4.78, 5) is 28.0.